The van der Waals surface area contributed by atoms with Gasteiger partial charge in [0, 0.05) is 37.3 Å². The number of nitrogens with zero attached hydrogens (tertiary/aromatic N) is 3. The lowest BCUT2D eigenvalue weighted by atomic mass is 10.2. The molecule has 2 aromatic rings. The Morgan fingerprint density at radius 3 is 2.27 bits per heavy atom. The van der Waals surface area contributed by atoms with Crippen molar-refractivity contribution in [1.29, 1.82) is 0 Å². The fourth-order valence-corrected chi connectivity index (χ4v) is 3.81. The van der Waals surface area contributed by atoms with Crippen LogP contribution in [0.4, 0.5) is 11.4 Å². The molecule has 2 rings (SSSR count). The van der Waals surface area contributed by atoms with E-state index in [1.807, 2.05) is 33.8 Å². The predicted octanol–water partition coefficient (Wildman–Crippen LogP) is 4.72. The second-order valence-electron chi connectivity index (χ2n) is 8.16. The molecule has 33 heavy (non-hydrogen) atoms. The van der Waals surface area contributed by atoms with Gasteiger partial charge in [-0.05, 0) is 57.9 Å². The summed E-state index contributed by atoms with van der Waals surface area (Å²) in [6.07, 6.45) is 2.04. The minimum Gasteiger partial charge on any atom is -0.343 e. The molecule has 8 nitrogen and oxygen atoms in total. The van der Waals surface area contributed by atoms with E-state index in [0.717, 1.165) is 24.2 Å². The summed E-state index contributed by atoms with van der Waals surface area (Å²) in [6, 6.07) is 6.28. The summed E-state index contributed by atoms with van der Waals surface area (Å²) in [7, 11) is 0. The van der Waals surface area contributed by atoms with E-state index in [2.05, 4.69) is 15.7 Å². The standard InChI is InChI=1S/C24H34ClN5O3/c1-6-12-29(13-7-2)23(32)11-10-22(31)26-19-8-9-21(20(25)15-19)27-24(33)18(5)30-17(4)14-16(3)28-30/h8-9,14-15,18H,6-7,10-13H2,1-5H3,(H,26,31)(H,27,33). The third-order valence-electron chi connectivity index (χ3n) is 5.21. The van der Waals surface area contributed by atoms with Crippen molar-refractivity contribution in [2.75, 3.05) is 23.7 Å². The zero-order valence-electron chi connectivity index (χ0n) is 20.1. The molecular formula is C24H34ClN5O3. The van der Waals surface area contributed by atoms with Crippen molar-refractivity contribution >= 4 is 40.7 Å². The molecule has 1 aromatic carbocycles. The first kappa shape index (κ1) is 26.4. The van der Waals surface area contributed by atoms with Crippen molar-refractivity contribution in [3.63, 3.8) is 0 Å². The van der Waals surface area contributed by atoms with Gasteiger partial charge < -0.3 is 15.5 Å². The van der Waals surface area contributed by atoms with Crippen molar-refractivity contribution in [3.8, 4) is 0 Å². The highest BCUT2D eigenvalue weighted by Gasteiger charge is 2.19. The first-order valence-electron chi connectivity index (χ1n) is 11.4. The van der Waals surface area contributed by atoms with Crippen molar-refractivity contribution in [1.82, 2.24) is 14.7 Å². The number of hydrogen-bond acceptors (Lipinski definition) is 4. The van der Waals surface area contributed by atoms with Gasteiger partial charge in [-0.25, -0.2) is 0 Å². The molecule has 0 aliphatic heterocycles. The van der Waals surface area contributed by atoms with E-state index >= 15 is 0 Å². The Bertz CT molecular complexity index is 982. The third kappa shape index (κ3) is 7.60. The van der Waals surface area contributed by atoms with Crippen LogP contribution in [-0.4, -0.2) is 45.5 Å². The van der Waals surface area contributed by atoms with Gasteiger partial charge in [-0.1, -0.05) is 25.4 Å². The van der Waals surface area contributed by atoms with E-state index < -0.39 is 6.04 Å². The molecule has 0 aliphatic rings. The molecule has 0 saturated carbocycles. The second kappa shape index (κ2) is 12.4. The lowest BCUT2D eigenvalue weighted by molar-refractivity contribution is -0.133. The number of hydrogen-bond donors (Lipinski definition) is 2. The summed E-state index contributed by atoms with van der Waals surface area (Å²) >= 11 is 6.33. The van der Waals surface area contributed by atoms with E-state index in [0.29, 0.717) is 29.5 Å². The molecule has 180 valence electrons. The average Bonchev–Trinajstić information content (AvgIpc) is 3.10. The topological polar surface area (TPSA) is 96.3 Å². The van der Waals surface area contributed by atoms with Crippen molar-refractivity contribution in [2.45, 2.75) is 66.3 Å². The highest BCUT2D eigenvalue weighted by Crippen LogP contribution is 2.26. The molecule has 0 spiro atoms. The fraction of sp³-hybridized carbons (Fsp3) is 0.500. The lowest BCUT2D eigenvalue weighted by Crippen LogP contribution is -2.33. The molecule has 1 unspecified atom stereocenters. The van der Waals surface area contributed by atoms with Crippen LogP contribution in [0.25, 0.3) is 0 Å². The Hall–Kier alpha value is -2.87. The molecular weight excluding hydrogens is 442 g/mol. The number of aromatic nitrogens is 2. The predicted molar refractivity (Wildman–Crippen MR) is 132 cm³/mol. The summed E-state index contributed by atoms with van der Waals surface area (Å²) in [5.41, 5.74) is 2.68. The molecule has 0 aliphatic carbocycles. The largest absolute Gasteiger partial charge is 0.343 e. The Morgan fingerprint density at radius 1 is 1.06 bits per heavy atom. The van der Waals surface area contributed by atoms with Crippen LogP contribution in [0, 0.1) is 13.8 Å². The molecule has 0 bridgehead atoms. The van der Waals surface area contributed by atoms with Crippen LogP contribution in [0.2, 0.25) is 5.02 Å². The van der Waals surface area contributed by atoms with Gasteiger partial charge in [0.05, 0.1) is 16.4 Å². The Kier molecular flexibility index (Phi) is 9.91. The summed E-state index contributed by atoms with van der Waals surface area (Å²) < 4.78 is 1.66. The maximum absolute atomic E-state index is 12.7. The summed E-state index contributed by atoms with van der Waals surface area (Å²) in [6.45, 7) is 11.0. The van der Waals surface area contributed by atoms with Crippen LogP contribution in [-0.2, 0) is 14.4 Å². The van der Waals surface area contributed by atoms with Crippen LogP contribution < -0.4 is 10.6 Å². The number of halogens is 1. The average molecular weight is 476 g/mol. The van der Waals surface area contributed by atoms with Crippen molar-refractivity contribution in [2.24, 2.45) is 0 Å². The zero-order chi connectivity index (χ0) is 24.5. The number of anilines is 2. The minimum atomic E-state index is -0.508. The van der Waals surface area contributed by atoms with Gasteiger partial charge in [0.2, 0.25) is 17.7 Å². The monoisotopic (exact) mass is 475 g/mol. The van der Waals surface area contributed by atoms with Gasteiger partial charge in [-0.3, -0.25) is 19.1 Å². The summed E-state index contributed by atoms with van der Waals surface area (Å²) in [4.78, 5) is 39.1. The molecule has 1 heterocycles. The molecule has 1 aromatic heterocycles. The number of rotatable bonds is 11. The van der Waals surface area contributed by atoms with E-state index in [1.54, 1.807) is 34.7 Å². The van der Waals surface area contributed by atoms with Crippen LogP contribution in [0.1, 0.15) is 63.9 Å². The van der Waals surface area contributed by atoms with Crippen LogP contribution >= 0.6 is 11.6 Å². The molecule has 2 N–H and O–H groups in total. The van der Waals surface area contributed by atoms with Crippen molar-refractivity contribution < 1.29 is 14.4 Å². The van der Waals surface area contributed by atoms with Gasteiger partial charge >= 0.3 is 0 Å². The fourth-order valence-electron chi connectivity index (χ4n) is 3.58. The Balaban J connectivity index is 1.93. The number of nitrogens with one attached hydrogen (secondary N) is 2. The van der Waals surface area contributed by atoms with Crippen molar-refractivity contribution in [3.05, 3.63) is 40.7 Å². The van der Waals surface area contributed by atoms with Gasteiger partial charge in [0.15, 0.2) is 0 Å². The van der Waals surface area contributed by atoms with Gasteiger partial charge in [0.1, 0.15) is 6.04 Å². The van der Waals surface area contributed by atoms with E-state index in [1.165, 1.54) is 0 Å². The number of aryl methyl sites for hydroxylation is 2. The molecule has 0 fully saturated rings. The first-order chi connectivity index (χ1) is 15.7. The number of carbonyl (C=O) groups excluding carboxylic acids is 3. The van der Waals surface area contributed by atoms with Gasteiger partial charge in [0.25, 0.3) is 0 Å². The molecule has 1 atom stereocenters. The SMILES string of the molecule is CCCN(CCC)C(=O)CCC(=O)Nc1ccc(NC(=O)C(C)n2nc(C)cc2C)c(Cl)c1. The lowest BCUT2D eigenvalue weighted by Gasteiger charge is -2.21. The molecule has 0 saturated heterocycles. The molecule has 0 radical (unpaired) electrons. The summed E-state index contributed by atoms with van der Waals surface area (Å²) in [5, 5.41) is 10.2. The van der Waals surface area contributed by atoms with Crippen LogP contribution in [0.5, 0.6) is 0 Å². The van der Waals surface area contributed by atoms with Gasteiger partial charge in [-0.15, -0.1) is 0 Å². The Labute approximate surface area is 200 Å². The van der Waals surface area contributed by atoms with Gasteiger partial charge in [-0.2, -0.15) is 5.10 Å². The van der Waals surface area contributed by atoms with E-state index in [4.69, 9.17) is 11.6 Å². The smallest absolute Gasteiger partial charge is 0.248 e. The highest BCUT2D eigenvalue weighted by molar-refractivity contribution is 6.34. The van der Waals surface area contributed by atoms with Crippen LogP contribution in [0.3, 0.4) is 0 Å². The minimum absolute atomic E-state index is 0.0123. The number of benzene rings is 1. The highest BCUT2D eigenvalue weighted by atomic mass is 35.5. The quantitative estimate of drug-likeness (QED) is 0.491. The van der Waals surface area contributed by atoms with Crippen LogP contribution in [0.15, 0.2) is 24.3 Å². The zero-order valence-corrected chi connectivity index (χ0v) is 20.8. The number of amides is 3. The maximum Gasteiger partial charge on any atom is 0.248 e. The third-order valence-corrected chi connectivity index (χ3v) is 5.52. The molecule has 3 amide bonds. The van der Waals surface area contributed by atoms with E-state index in [9.17, 15) is 14.4 Å². The molecule has 9 heteroatoms. The maximum atomic E-state index is 12.7. The Morgan fingerprint density at radius 2 is 1.73 bits per heavy atom. The number of carbonyl (C=O) groups is 3. The second-order valence-corrected chi connectivity index (χ2v) is 8.57. The summed E-state index contributed by atoms with van der Waals surface area (Å²) in [5.74, 6) is -0.522. The normalized spacial score (nSPS) is 11.7. The first-order valence-corrected chi connectivity index (χ1v) is 11.7. The van der Waals surface area contributed by atoms with E-state index in [-0.39, 0.29) is 30.6 Å².